The van der Waals surface area contributed by atoms with E-state index in [1.54, 1.807) is 0 Å². The van der Waals surface area contributed by atoms with E-state index in [1.165, 1.54) is 4.57 Å². The largest absolute Gasteiger partial charge is 0.375 e. The van der Waals surface area contributed by atoms with Crippen LogP contribution in [0.2, 0.25) is 0 Å². The second-order valence-electron chi connectivity index (χ2n) is 5.74. The van der Waals surface area contributed by atoms with Crippen molar-refractivity contribution in [3.63, 3.8) is 0 Å². The molecule has 116 valence electrons. The summed E-state index contributed by atoms with van der Waals surface area (Å²) in [7, 11) is -4.17. The molecule has 2 aliphatic rings. The zero-order valence-electron chi connectivity index (χ0n) is 11.4. The molecule has 0 amide bonds. The summed E-state index contributed by atoms with van der Waals surface area (Å²) in [5, 5.41) is 5.01. The Morgan fingerprint density at radius 1 is 1.38 bits per heavy atom. The minimum atomic E-state index is -4.17. The van der Waals surface area contributed by atoms with Crippen molar-refractivity contribution < 1.29 is 13.2 Å². The quantitative estimate of drug-likeness (QED) is 0.758. The third kappa shape index (κ3) is 2.56. The zero-order chi connectivity index (χ0) is 15.3. The van der Waals surface area contributed by atoms with E-state index in [4.69, 9.17) is 9.88 Å². The lowest BCUT2D eigenvalue weighted by Crippen LogP contribution is -2.48. The lowest BCUT2D eigenvalue weighted by Gasteiger charge is -2.47. The zero-order valence-corrected chi connectivity index (χ0v) is 12.2. The highest BCUT2D eigenvalue weighted by Crippen LogP contribution is 2.45. The lowest BCUT2D eigenvalue weighted by molar-refractivity contribution is -0.141. The first-order chi connectivity index (χ1) is 9.81. The van der Waals surface area contributed by atoms with Gasteiger partial charge in [-0.15, -0.1) is 0 Å². The molecule has 1 aromatic heterocycles. The SMILES string of the molecule is NS(=O)(=O)c1cn(C2CCOC3(CCC3)C2)c(=O)[nH]c1=O. The fourth-order valence-corrected chi connectivity index (χ4v) is 3.67. The van der Waals surface area contributed by atoms with Crippen LogP contribution in [-0.4, -0.2) is 30.2 Å². The summed E-state index contributed by atoms with van der Waals surface area (Å²) in [5.41, 5.74) is -1.79. The molecule has 9 heteroatoms. The molecule has 21 heavy (non-hydrogen) atoms. The molecule has 0 bridgehead atoms. The molecule has 1 aromatic rings. The van der Waals surface area contributed by atoms with Gasteiger partial charge in [-0.2, -0.15) is 0 Å². The van der Waals surface area contributed by atoms with Gasteiger partial charge in [0.15, 0.2) is 4.90 Å². The summed E-state index contributed by atoms with van der Waals surface area (Å²) in [6.45, 7) is 0.515. The standard InChI is InChI=1S/C12H17N3O5S/c13-21(18,19)9-7-15(11(17)14-10(9)16)8-2-5-20-12(6-8)3-1-4-12/h7-8H,1-6H2,(H2,13,18,19)(H,14,16,17). The Labute approximate surface area is 121 Å². The van der Waals surface area contributed by atoms with Crippen molar-refractivity contribution in [2.24, 2.45) is 5.14 Å². The highest BCUT2D eigenvalue weighted by molar-refractivity contribution is 7.89. The highest BCUT2D eigenvalue weighted by Gasteiger charge is 2.43. The van der Waals surface area contributed by atoms with Gasteiger partial charge in [0.25, 0.3) is 5.56 Å². The monoisotopic (exact) mass is 315 g/mol. The molecule has 1 aliphatic carbocycles. The van der Waals surface area contributed by atoms with Gasteiger partial charge in [-0.1, -0.05) is 0 Å². The van der Waals surface area contributed by atoms with E-state index in [0.29, 0.717) is 19.4 Å². The Balaban J connectivity index is 2.02. The Morgan fingerprint density at radius 3 is 2.67 bits per heavy atom. The normalized spacial score (nSPS) is 24.7. The van der Waals surface area contributed by atoms with Crippen molar-refractivity contribution in [1.29, 1.82) is 0 Å². The number of nitrogens with zero attached hydrogens (tertiary/aromatic N) is 1. The Kier molecular flexibility index (Phi) is 3.30. The molecule has 1 aliphatic heterocycles. The maximum absolute atomic E-state index is 12.0. The molecule has 1 spiro atoms. The number of ether oxygens (including phenoxy) is 1. The maximum atomic E-state index is 12.0. The van der Waals surface area contributed by atoms with Crippen molar-refractivity contribution in [2.75, 3.05) is 6.61 Å². The predicted octanol–water partition coefficient (Wildman–Crippen LogP) is -0.542. The Bertz CT molecular complexity index is 775. The molecule has 0 aromatic carbocycles. The molecule has 1 saturated heterocycles. The van der Waals surface area contributed by atoms with E-state index in [-0.39, 0.29) is 11.6 Å². The van der Waals surface area contributed by atoms with E-state index >= 15 is 0 Å². The summed E-state index contributed by atoms with van der Waals surface area (Å²) in [5.74, 6) is 0. The van der Waals surface area contributed by atoms with E-state index < -0.39 is 26.2 Å². The third-order valence-corrected chi connectivity index (χ3v) is 5.27. The molecular formula is C12H17N3O5S. The number of H-pyrrole nitrogens is 1. The van der Waals surface area contributed by atoms with Gasteiger partial charge in [0, 0.05) is 18.8 Å². The number of rotatable bonds is 2. The smallest absolute Gasteiger partial charge is 0.328 e. The van der Waals surface area contributed by atoms with Crippen LogP contribution in [0.25, 0.3) is 0 Å². The third-order valence-electron chi connectivity index (χ3n) is 4.37. The number of nitrogens with one attached hydrogen (secondary N) is 1. The number of hydrogen-bond acceptors (Lipinski definition) is 5. The summed E-state index contributed by atoms with van der Waals surface area (Å²) < 4.78 is 29.9. The molecule has 3 N–H and O–H groups in total. The van der Waals surface area contributed by atoms with Gasteiger partial charge in [0.05, 0.1) is 5.60 Å². The van der Waals surface area contributed by atoms with Crippen LogP contribution in [0, 0.1) is 0 Å². The highest BCUT2D eigenvalue weighted by atomic mass is 32.2. The van der Waals surface area contributed by atoms with Crippen LogP contribution in [0.3, 0.4) is 0 Å². The van der Waals surface area contributed by atoms with Gasteiger partial charge < -0.3 is 4.74 Å². The summed E-state index contributed by atoms with van der Waals surface area (Å²) in [6, 6.07) is -0.191. The van der Waals surface area contributed by atoms with Gasteiger partial charge in [-0.25, -0.2) is 18.4 Å². The fourth-order valence-electron chi connectivity index (χ4n) is 3.10. The van der Waals surface area contributed by atoms with E-state index in [9.17, 15) is 18.0 Å². The maximum Gasteiger partial charge on any atom is 0.328 e. The van der Waals surface area contributed by atoms with Crippen LogP contribution >= 0.6 is 0 Å². The van der Waals surface area contributed by atoms with E-state index in [1.807, 2.05) is 4.98 Å². The number of primary sulfonamides is 1. The van der Waals surface area contributed by atoms with Crippen molar-refractivity contribution in [3.8, 4) is 0 Å². The van der Waals surface area contributed by atoms with E-state index in [2.05, 4.69) is 0 Å². The van der Waals surface area contributed by atoms with Crippen LogP contribution in [-0.2, 0) is 14.8 Å². The van der Waals surface area contributed by atoms with Crippen molar-refractivity contribution in [3.05, 3.63) is 27.0 Å². The van der Waals surface area contributed by atoms with Crippen LogP contribution < -0.4 is 16.4 Å². The second kappa shape index (κ2) is 4.79. The van der Waals surface area contributed by atoms with Gasteiger partial charge in [0.2, 0.25) is 10.0 Å². The van der Waals surface area contributed by atoms with Crippen LogP contribution in [0.5, 0.6) is 0 Å². The second-order valence-corrected chi connectivity index (χ2v) is 7.27. The summed E-state index contributed by atoms with van der Waals surface area (Å²) in [4.78, 5) is 25.0. The molecule has 0 radical (unpaired) electrons. The number of aromatic amines is 1. The lowest BCUT2D eigenvalue weighted by atomic mass is 9.74. The Morgan fingerprint density at radius 2 is 2.10 bits per heavy atom. The number of aromatic nitrogens is 2. The average Bonchev–Trinajstić information content (AvgIpc) is 2.35. The Hall–Kier alpha value is -1.45. The minimum absolute atomic E-state index is 0.191. The molecule has 1 atom stereocenters. The molecule has 2 fully saturated rings. The molecular weight excluding hydrogens is 298 g/mol. The first kappa shape index (κ1) is 14.5. The van der Waals surface area contributed by atoms with Crippen LogP contribution in [0.15, 0.2) is 20.7 Å². The number of sulfonamides is 1. The number of nitrogens with two attached hydrogens (primary N) is 1. The van der Waals surface area contributed by atoms with Crippen molar-refractivity contribution in [2.45, 2.75) is 48.6 Å². The van der Waals surface area contributed by atoms with Crippen LogP contribution in [0.4, 0.5) is 0 Å². The summed E-state index contributed by atoms with van der Waals surface area (Å²) in [6.07, 6.45) is 5.28. The van der Waals surface area contributed by atoms with Gasteiger partial charge >= 0.3 is 5.69 Å². The summed E-state index contributed by atoms with van der Waals surface area (Å²) >= 11 is 0. The molecule has 8 nitrogen and oxygen atoms in total. The molecule has 1 unspecified atom stereocenters. The molecule has 3 rings (SSSR count). The van der Waals surface area contributed by atoms with Gasteiger partial charge in [0.1, 0.15) is 0 Å². The van der Waals surface area contributed by atoms with Crippen molar-refractivity contribution in [1.82, 2.24) is 9.55 Å². The first-order valence-corrected chi connectivity index (χ1v) is 8.38. The van der Waals surface area contributed by atoms with Crippen LogP contribution in [0.1, 0.15) is 38.1 Å². The van der Waals surface area contributed by atoms with Gasteiger partial charge in [-0.05, 0) is 32.1 Å². The fraction of sp³-hybridized carbons (Fsp3) is 0.667. The predicted molar refractivity (Wildman–Crippen MR) is 73.5 cm³/mol. The van der Waals surface area contributed by atoms with E-state index in [0.717, 1.165) is 25.5 Å². The minimum Gasteiger partial charge on any atom is -0.375 e. The first-order valence-electron chi connectivity index (χ1n) is 6.83. The topological polar surface area (TPSA) is 124 Å². The van der Waals surface area contributed by atoms with Crippen molar-refractivity contribution >= 4 is 10.0 Å². The average molecular weight is 315 g/mol. The number of hydrogen-bond donors (Lipinski definition) is 2. The van der Waals surface area contributed by atoms with Gasteiger partial charge in [-0.3, -0.25) is 14.3 Å². The molecule has 2 heterocycles. The molecule has 1 saturated carbocycles.